The third-order valence-corrected chi connectivity index (χ3v) is 3.18. The second-order valence-electron chi connectivity index (χ2n) is 4.35. The number of piperidine rings is 1. The summed E-state index contributed by atoms with van der Waals surface area (Å²) in [7, 11) is 0. The summed E-state index contributed by atoms with van der Waals surface area (Å²) in [5, 5.41) is 3.57. The van der Waals surface area contributed by atoms with Crippen molar-refractivity contribution in [2.45, 2.75) is 32.2 Å². The van der Waals surface area contributed by atoms with Crippen LogP contribution in [0.5, 0.6) is 0 Å². The number of hydrogen-bond acceptors (Lipinski definition) is 3. The summed E-state index contributed by atoms with van der Waals surface area (Å²) in [6.07, 6.45) is 5.41. The second-order valence-corrected chi connectivity index (χ2v) is 4.35. The van der Waals surface area contributed by atoms with Gasteiger partial charge in [-0.1, -0.05) is 13.0 Å². The fraction of sp³-hybridized carbons (Fsp3) is 0.846. The largest absolute Gasteiger partial charge is 0.380 e. The van der Waals surface area contributed by atoms with E-state index in [4.69, 9.17) is 4.74 Å². The van der Waals surface area contributed by atoms with Crippen LogP contribution in [0.4, 0.5) is 0 Å². The molecule has 1 N–H and O–H groups in total. The van der Waals surface area contributed by atoms with Crippen LogP contribution in [0, 0.1) is 0 Å². The van der Waals surface area contributed by atoms with Gasteiger partial charge in [0, 0.05) is 12.6 Å². The monoisotopic (exact) mass is 226 g/mol. The van der Waals surface area contributed by atoms with Crippen molar-refractivity contribution in [3.05, 3.63) is 12.7 Å². The number of likely N-dealkylation sites (tertiary alicyclic amines) is 1. The van der Waals surface area contributed by atoms with Crippen LogP contribution in [0.2, 0.25) is 0 Å². The van der Waals surface area contributed by atoms with Crippen LogP contribution in [0.25, 0.3) is 0 Å². The van der Waals surface area contributed by atoms with Gasteiger partial charge in [-0.2, -0.15) is 0 Å². The first-order chi connectivity index (χ1) is 7.86. The first kappa shape index (κ1) is 13.7. The van der Waals surface area contributed by atoms with E-state index in [-0.39, 0.29) is 0 Å². The maximum Gasteiger partial charge on any atom is 0.0591 e. The minimum Gasteiger partial charge on any atom is -0.380 e. The highest BCUT2D eigenvalue weighted by atomic mass is 16.5. The first-order valence-electron chi connectivity index (χ1n) is 6.51. The van der Waals surface area contributed by atoms with Gasteiger partial charge in [-0.3, -0.25) is 0 Å². The molecule has 1 aliphatic heterocycles. The molecule has 94 valence electrons. The van der Waals surface area contributed by atoms with Gasteiger partial charge < -0.3 is 15.0 Å². The van der Waals surface area contributed by atoms with Crippen LogP contribution in [-0.2, 0) is 4.74 Å². The first-order valence-corrected chi connectivity index (χ1v) is 6.51. The Hall–Kier alpha value is -0.380. The van der Waals surface area contributed by atoms with Crippen molar-refractivity contribution in [2.75, 3.05) is 39.4 Å². The zero-order valence-corrected chi connectivity index (χ0v) is 10.6. The quantitative estimate of drug-likeness (QED) is 0.503. The van der Waals surface area contributed by atoms with Crippen molar-refractivity contribution in [2.24, 2.45) is 0 Å². The van der Waals surface area contributed by atoms with Gasteiger partial charge in [0.15, 0.2) is 0 Å². The standard InChI is InChI=1S/C13H26N2O/c1-3-5-11-16-12-8-14-13-6-9-15(4-2)10-7-13/h3,13-14H,1,4-12H2,2H3. The molecule has 1 fully saturated rings. The molecule has 0 spiro atoms. The fourth-order valence-electron chi connectivity index (χ4n) is 2.06. The Bertz CT molecular complexity index is 177. The van der Waals surface area contributed by atoms with E-state index in [0.717, 1.165) is 26.2 Å². The number of ether oxygens (including phenoxy) is 1. The Kier molecular flexibility index (Phi) is 7.47. The maximum atomic E-state index is 5.46. The summed E-state index contributed by atoms with van der Waals surface area (Å²) < 4.78 is 5.46. The number of nitrogens with zero attached hydrogens (tertiary/aromatic N) is 1. The van der Waals surface area contributed by atoms with Crippen LogP contribution < -0.4 is 5.32 Å². The highest BCUT2D eigenvalue weighted by molar-refractivity contribution is 4.76. The summed E-state index contributed by atoms with van der Waals surface area (Å²) in [6, 6.07) is 0.700. The van der Waals surface area contributed by atoms with Crippen LogP contribution in [-0.4, -0.2) is 50.3 Å². The number of hydrogen-bond donors (Lipinski definition) is 1. The normalized spacial score (nSPS) is 18.8. The van der Waals surface area contributed by atoms with E-state index in [0.29, 0.717) is 6.04 Å². The van der Waals surface area contributed by atoms with E-state index in [1.54, 1.807) is 0 Å². The molecule has 1 saturated heterocycles. The van der Waals surface area contributed by atoms with Gasteiger partial charge in [-0.05, 0) is 38.9 Å². The molecule has 0 saturated carbocycles. The average Bonchev–Trinajstić information content (AvgIpc) is 2.34. The highest BCUT2D eigenvalue weighted by Crippen LogP contribution is 2.09. The molecule has 1 heterocycles. The lowest BCUT2D eigenvalue weighted by Crippen LogP contribution is -2.43. The summed E-state index contributed by atoms with van der Waals surface area (Å²) in [6.45, 7) is 12.2. The van der Waals surface area contributed by atoms with Crippen molar-refractivity contribution < 1.29 is 4.74 Å². The Morgan fingerprint density at radius 2 is 2.12 bits per heavy atom. The number of rotatable bonds is 8. The van der Waals surface area contributed by atoms with E-state index < -0.39 is 0 Å². The molecule has 16 heavy (non-hydrogen) atoms. The van der Waals surface area contributed by atoms with E-state index in [9.17, 15) is 0 Å². The van der Waals surface area contributed by atoms with Gasteiger partial charge >= 0.3 is 0 Å². The molecular weight excluding hydrogens is 200 g/mol. The van der Waals surface area contributed by atoms with Crippen molar-refractivity contribution >= 4 is 0 Å². The molecule has 1 rings (SSSR count). The maximum absolute atomic E-state index is 5.46. The molecule has 3 nitrogen and oxygen atoms in total. The minimum atomic E-state index is 0.700. The predicted molar refractivity (Wildman–Crippen MR) is 68.8 cm³/mol. The third-order valence-electron chi connectivity index (χ3n) is 3.18. The van der Waals surface area contributed by atoms with Gasteiger partial charge in [-0.15, -0.1) is 6.58 Å². The zero-order valence-electron chi connectivity index (χ0n) is 10.6. The van der Waals surface area contributed by atoms with Crippen molar-refractivity contribution in [1.82, 2.24) is 10.2 Å². The Morgan fingerprint density at radius 1 is 1.38 bits per heavy atom. The van der Waals surface area contributed by atoms with Crippen molar-refractivity contribution in [3.63, 3.8) is 0 Å². The van der Waals surface area contributed by atoms with Gasteiger partial charge in [-0.25, -0.2) is 0 Å². The molecule has 0 aromatic heterocycles. The van der Waals surface area contributed by atoms with Gasteiger partial charge in [0.25, 0.3) is 0 Å². The van der Waals surface area contributed by atoms with Gasteiger partial charge in [0.2, 0.25) is 0 Å². The van der Waals surface area contributed by atoms with Crippen LogP contribution in [0.15, 0.2) is 12.7 Å². The molecule has 0 aromatic carbocycles. The molecule has 0 unspecified atom stereocenters. The molecule has 0 atom stereocenters. The SMILES string of the molecule is C=CCCOCCNC1CCN(CC)CC1. The van der Waals surface area contributed by atoms with Crippen molar-refractivity contribution in [1.29, 1.82) is 0 Å². The molecule has 1 aliphatic rings. The lowest BCUT2D eigenvalue weighted by Gasteiger charge is -2.31. The minimum absolute atomic E-state index is 0.700. The van der Waals surface area contributed by atoms with Crippen LogP contribution in [0.1, 0.15) is 26.2 Å². The van der Waals surface area contributed by atoms with E-state index in [2.05, 4.69) is 23.7 Å². The smallest absolute Gasteiger partial charge is 0.0591 e. The van der Waals surface area contributed by atoms with Gasteiger partial charge in [0.05, 0.1) is 13.2 Å². The van der Waals surface area contributed by atoms with E-state index in [1.165, 1.54) is 32.5 Å². The fourth-order valence-corrected chi connectivity index (χ4v) is 2.06. The summed E-state index contributed by atoms with van der Waals surface area (Å²) >= 11 is 0. The Balaban J connectivity index is 1.92. The lowest BCUT2D eigenvalue weighted by molar-refractivity contribution is 0.132. The van der Waals surface area contributed by atoms with Gasteiger partial charge in [0.1, 0.15) is 0 Å². The van der Waals surface area contributed by atoms with Crippen molar-refractivity contribution in [3.8, 4) is 0 Å². The third kappa shape index (κ3) is 5.64. The number of nitrogens with one attached hydrogen (secondary N) is 1. The summed E-state index contributed by atoms with van der Waals surface area (Å²) in [4.78, 5) is 2.51. The molecule has 0 radical (unpaired) electrons. The topological polar surface area (TPSA) is 24.5 Å². The molecule has 3 heteroatoms. The zero-order chi connectivity index (χ0) is 11.6. The Labute approximate surface area is 99.8 Å². The highest BCUT2D eigenvalue weighted by Gasteiger charge is 2.16. The Morgan fingerprint density at radius 3 is 2.75 bits per heavy atom. The van der Waals surface area contributed by atoms with Crippen LogP contribution in [0.3, 0.4) is 0 Å². The predicted octanol–water partition coefficient (Wildman–Crippen LogP) is 1.65. The average molecular weight is 226 g/mol. The lowest BCUT2D eigenvalue weighted by atomic mass is 10.1. The second kappa shape index (κ2) is 8.74. The molecule has 0 aromatic rings. The molecular formula is C13H26N2O. The van der Waals surface area contributed by atoms with Crippen LogP contribution >= 0.6 is 0 Å². The van der Waals surface area contributed by atoms with E-state index >= 15 is 0 Å². The van der Waals surface area contributed by atoms with E-state index in [1.807, 2.05) is 6.08 Å². The molecule has 0 amide bonds. The molecule has 0 aliphatic carbocycles. The molecule has 0 bridgehead atoms. The summed E-state index contributed by atoms with van der Waals surface area (Å²) in [5.41, 5.74) is 0. The summed E-state index contributed by atoms with van der Waals surface area (Å²) in [5.74, 6) is 0.